The maximum Gasteiger partial charge on any atom is 0.322 e. The molecule has 1 aromatic heterocycles. The number of aromatic nitrogens is 1. The summed E-state index contributed by atoms with van der Waals surface area (Å²) in [6.07, 6.45) is 2.72. The molecule has 0 aliphatic rings. The van der Waals surface area contributed by atoms with Gasteiger partial charge < -0.3 is 10.4 Å². The monoisotopic (exact) mass is 411 g/mol. The van der Waals surface area contributed by atoms with Crippen LogP contribution in [0.15, 0.2) is 72.9 Å². The number of aliphatic carboxylic acids is 1. The molecule has 0 amide bonds. The largest absolute Gasteiger partial charge is 0.480 e. The number of sulfonamides is 1. The summed E-state index contributed by atoms with van der Waals surface area (Å²) in [4.78, 5) is 15.6. The predicted molar refractivity (Wildman–Crippen MR) is 113 cm³/mol. The van der Waals surface area contributed by atoms with Crippen LogP contribution in [0.3, 0.4) is 0 Å². The van der Waals surface area contributed by atoms with Crippen LogP contribution in [0.5, 0.6) is 0 Å². The molecule has 0 aliphatic carbocycles. The second kappa shape index (κ2) is 8.85. The van der Waals surface area contributed by atoms with Gasteiger partial charge in [-0.25, -0.2) is 18.1 Å². The first-order chi connectivity index (χ1) is 13.8. The molecule has 8 heteroatoms. The van der Waals surface area contributed by atoms with E-state index in [0.717, 1.165) is 34.5 Å². The van der Waals surface area contributed by atoms with Gasteiger partial charge in [-0.1, -0.05) is 42.5 Å². The number of rotatable bonds is 8. The van der Waals surface area contributed by atoms with E-state index in [4.69, 9.17) is 0 Å². The highest BCUT2D eigenvalue weighted by Gasteiger charge is 2.21. The number of anilines is 2. The normalized spacial score (nSPS) is 12.3. The van der Waals surface area contributed by atoms with Crippen LogP contribution < -0.4 is 10.0 Å². The van der Waals surface area contributed by atoms with Gasteiger partial charge in [-0.15, -0.1) is 0 Å². The van der Waals surface area contributed by atoms with Gasteiger partial charge in [0.15, 0.2) is 0 Å². The van der Waals surface area contributed by atoms with E-state index in [1.54, 1.807) is 18.3 Å². The molecule has 7 nitrogen and oxygen atoms in total. The van der Waals surface area contributed by atoms with Crippen molar-refractivity contribution in [3.05, 3.63) is 78.5 Å². The molecule has 0 radical (unpaired) electrons. The molecule has 1 heterocycles. The smallest absolute Gasteiger partial charge is 0.322 e. The Balaban J connectivity index is 1.74. The Hall–Kier alpha value is -3.23. The molecule has 1 atom stereocenters. The van der Waals surface area contributed by atoms with Gasteiger partial charge in [0.25, 0.3) is 0 Å². The molecule has 3 N–H and O–H groups in total. The lowest BCUT2D eigenvalue weighted by Crippen LogP contribution is -2.41. The molecule has 2 aromatic carbocycles. The Morgan fingerprint density at radius 1 is 1.03 bits per heavy atom. The molecule has 0 saturated heterocycles. The first-order valence-electron chi connectivity index (χ1n) is 8.88. The van der Waals surface area contributed by atoms with Crippen molar-refractivity contribution in [2.45, 2.75) is 12.5 Å². The lowest BCUT2D eigenvalue weighted by atomic mass is 10.0. The molecule has 0 spiro atoms. The average Bonchev–Trinajstić information content (AvgIpc) is 2.68. The van der Waals surface area contributed by atoms with E-state index in [-0.39, 0.29) is 6.42 Å². The van der Waals surface area contributed by atoms with Crippen LogP contribution in [-0.4, -0.2) is 36.8 Å². The van der Waals surface area contributed by atoms with Crippen molar-refractivity contribution in [2.24, 2.45) is 0 Å². The van der Waals surface area contributed by atoms with Crippen LogP contribution in [0, 0.1) is 0 Å². The lowest BCUT2D eigenvalue weighted by molar-refractivity contribution is -0.138. The van der Waals surface area contributed by atoms with Crippen LogP contribution in [0.1, 0.15) is 5.56 Å². The van der Waals surface area contributed by atoms with Gasteiger partial charge in [0.05, 0.1) is 6.26 Å². The summed E-state index contributed by atoms with van der Waals surface area (Å²) in [5.74, 6) is -0.467. The van der Waals surface area contributed by atoms with Gasteiger partial charge in [0, 0.05) is 11.9 Å². The molecule has 3 aromatic rings. The minimum atomic E-state index is -3.61. The van der Waals surface area contributed by atoms with Crippen LogP contribution >= 0.6 is 0 Å². The highest BCUT2D eigenvalue weighted by molar-refractivity contribution is 7.88. The second-order valence-corrected chi connectivity index (χ2v) is 8.38. The third-order valence-electron chi connectivity index (χ3n) is 4.18. The minimum absolute atomic E-state index is 0.0595. The van der Waals surface area contributed by atoms with Crippen molar-refractivity contribution in [1.82, 2.24) is 9.71 Å². The molecule has 150 valence electrons. The number of carboxylic acid groups (broad SMARTS) is 1. The molecule has 0 unspecified atom stereocenters. The number of pyridine rings is 1. The average molecular weight is 411 g/mol. The van der Waals surface area contributed by atoms with Gasteiger partial charge in [-0.3, -0.25) is 4.79 Å². The highest BCUT2D eigenvalue weighted by atomic mass is 32.2. The zero-order chi connectivity index (χ0) is 20.9. The van der Waals surface area contributed by atoms with E-state index in [1.807, 2.05) is 54.6 Å². The number of nitrogens with zero attached hydrogens (tertiary/aromatic N) is 1. The van der Waals surface area contributed by atoms with E-state index < -0.39 is 22.0 Å². The van der Waals surface area contributed by atoms with Crippen molar-refractivity contribution >= 4 is 27.5 Å². The fourth-order valence-electron chi connectivity index (χ4n) is 2.87. The predicted octanol–water partition coefficient (Wildman–Crippen LogP) is 3.04. The number of benzene rings is 2. The van der Waals surface area contributed by atoms with Crippen LogP contribution in [0.2, 0.25) is 0 Å². The Labute approximate surface area is 169 Å². The Bertz CT molecular complexity index is 1080. The highest BCUT2D eigenvalue weighted by Crippen LogP contribution is 2.25. The Morgan fingerprint density at radius 2 is 1.79 bits per heavy atom. The molecular weight excluding hydrogens is 390 g/mol. The standard InChI is InChI=1S/C21H21N3O4S/c1-29(27,28)24-19(21(25)26)13-15-8-10-16(11-9-15)17-5-4-6-18(14-17)23-20-7-2-3-12-22-20/h2-12,14,19,24H,13H2,1H3,(H,22,23)(H,25,26)/t19-/m0/s1. The number of carboxylic acids is 1. The van der Waals surface area contributed by atoms with Crippen LogP contribution in [0.25, 0.3) is 11.1 Å². The van der Waals surface area contributed by atoms with Gasteiger partial charge in [0.1, 0.15) is 11.9 Å². The molecule has 3 rings (SSSR count). The van der Waals surface area contributed by atoms with E-state index in [9.17, 15) is 18.3 Å². The van der Waals surface area contributed by atoms with Gasteiger partial charge in [-0.05, 0) is 47.4 Å². The number of carbonyl (C=O) groups is 1. The zero-order valence-electron chi connectivity index (χ0n) is 15.7. The van der Waals surface area contributed by atoms with Gasteiger partial charge in [-0.2, -0.15) is 0 Å². The van der Waals surface area contributed by atoms with E-state index in [2.05, 4.69) is 15.0 Å². The molecule has 29 heavy (non-hydrogen) atoms. The van der Waals surface area contributed by atoms with E-state index in [0.29, 0.717) is 0 Å². The van der Waals surface area contributed by atoms with Gasteiger partial charge >= 0.3 is 5.97 Å². The first kappa shape index (κ1) is 20.5. The first-order valence-corrected chi connectivity index (χ1v) is 10.8. The summed E-state index contributed by atoms with van der Waals surface area (Å²) in [6.45, 7) is 0. The maximum absolute atomic E-state index is 11.4. The zero-order valence-corrected chi connectivity index (χ0v) is 16.6. The van der Waals surface area contributed by atoms with Crippen molar-refractivity contribution in [3.8, 4) is 11.1 Å². The van der Waals surface area contributed by atoms with Crippen molar-refractivity contribution in [2.75, 3.05) is 11.6 Å². The third-order valence-corrected chi connectivity index (χ3v) is 4.89. The summed E-state index contributed by atoms with van der Waals surface area (Å²) in [6, 6.07) is 19.6. The van der Waals surface area contributed by atoms with Crippen molar-refractivity contribution in [3.63, 3.8) is 0 Å². The van der Waals surface area contributed by atoms with E-state index in [1.165, 1.54) is 0 Å². The summed E-state index contributed by atoms with van der Waals surface area (Å²) in [5.41, 5.74) is 3.57. The number of nitrogens with one attached hydrogen (secondary N) is 2. The maximum atomic E-state index is 11.4. The summed E-state index contributed by atoms with van der Waals surface area (Å²) < 4.78 is 24.8. The Kier molecular flexibility index (Phi) is 6.26. The number of hydrogen-bond acceptors (Lipinski definition) is 5. The third kappa shape index (κ3) is 6.13. The number of hydrogen-bond donors (Lipinski definition) is 3. The summed E-state index contributed by atoms with van der Waals surface area (Å²) in [5, 5.41) is 12.5. The fraction of sp³-hybridized carbons (Fsp3) is 0.143. The van der Waals surface area contributed by atoms with E-state index >= 15 is 0 Å². The van der Waals surface area contributed by atoms with Crippen molar-refractivity contribution in [1.29, 1.82) is 0 Å². The summed E-state index contributed by atoms with van der Waals surface area (Å²) >= 11 is 0. The molecular formula is C21H21N3O4S. The second-order valence-electron chi connectivity index (χ2n) is 6.60. The molecule has 0 saturated carbocycles. The van der Waals surface area contributed by atoms with Gasteiger partial charge in [0.2, 0.25) is 10.0 Å². The molecule has 0 aliphatic heterocycles. The van der Waals surface area contributed by atoms with Crippen LogP contribution in [-0.2, 0) is 21.2 Å². The quantitative estimate of drug-likeness (QED) is 0.526. The molecule has 0 fully saturated rings. The topological polar surface area (TPSA) is 108 Å². The minimum Gasteiger partial charge on any atom is -0.480 e. The lowest BCUT2D eigenvalue weighted by Gasteiger charge is -2.13. The SMILES string of the molecule is CS(=O)(=O)N[C@@H](Cc1ccc(-c2cccc(Nc3ccccn3)c2)cc1)C(=O)O. The molecule has 0 bridgehead atoms. The van der Waals surface area contributed by atoms with Crippen molar-refractivity contribution < 1.29 is 18.3 Å². The Morgan fingerprint density at radius 3 is 2.41 bits per heavy atom. The summed E-state index contributed by atoms with van der Waals surface area (Å²) in [7, 11) is -3.61. The fourth-order valence-corrected chi connectivity index (χ4v) is 3.57. The van der Waals surface area contributed by atoms with Crippen LogP contribution in [0.4, 0.5) is 11.5 Å².